The molecule has 0 unspecified atom stereocenters. The van der Waals surface area contributed by atoms with Gasteiger partial charge in [0.25, 0.3) is 0 Å². The Morgan fingerprint density at radius 2 is 2.00 bits per heavy atom. The fourth-order valence-electron chi connectivity index (χ4n) is 2.36. The molecule has 2 aliphatic heterocycles. The number of ether oxygens (including phenoxy) is 1. The molecule has 2 saturated heterocycles. The van der Waals surface area contributed by atoms with Crippen molar-refractivity contribution >= 4 is 17.7 Å². The first-order valence-corrected chi connectivity index (χ1v) is 5.31. The number of alkyl carbamates (subject to hydrolysis) is 1. The average molecular weight is 224 g/mol. The van der Waals surface area contributed by atoms with Crippen LogP contribution in [0.2, 0.25) is 5.02 Å². The molecule has 0 aromatic heterocycles. The zero-order valence-electron chi connectivity index (χ0n) is 8.00. The SMILES string of the molecule is O=C1NC2(c3ccc(Cl)cc3)CC(C2)O1. The molecular formula is C11H10ClNO2. The van der Waals surface area contributed by atoms with E-state index in [1.54, 1.807) is 0 Å². The van der Waals surface area contributed by atoms with E-state index < -0.39 is 0 Å². The largest absolute Gasteiger partial charge is 0.446 e. The third kappa shape index (κ3) is 1.30. The van der Waals surface area contributed by atoms with Crippen LogP contribution in [0.25, 0.3) is 0 Å². The van der Waals surface area contributed by atoms with E-state index in [0.717, 1.165) is 18.4 Å². The molecule has 1 aromatic rings. The molecule has 1 aromatic carbocycles. The van der Waals surface area contributed by atoms with Gasteiger partial charge in [0.2, 0.25) is 0 Å². The van der Waals surface area contributed by atoms with Crippen LogP contribution in [0.5, 0.6) is 0 Å². The minimum atomic E-state index is -0.313. The summed E-state index contributed by atoms with van der Waals surface area (Å²) in [6.45, 7) is 0. The Morgan fingerprint density at radius 1 is 1.33 bits per heavy atom. The Balaban J connectivity index is 1.93. The second-order valence-electron chi connectivity index (χ2n) is 4.15. The fourth-order valence-corrected chi connectivity index (χ4v) is 2.48. The van der Waals surface area contributed by atoms with Gasteiger partial charge >= 0.3 is 6.09 Å². The molecule has 3 nitrogen and oxygen atoms in total. The highest BCUT2D eigenvalue weighted by atomic mass is 35.5. The number of rotatable bonds is 1. The Labute approximate surface area is 92.4 Å². The average Bonchev–Trinajstić information content (AvgIpc) is 2.16. The number of hydrogen-bond acceptors (Lipinski definition) is 2. The predicted octanol–water partition coefficient (Wildman–Crippen LogP) is 2.44. The molecule has 1 aliphatic carbocycles. The summed E-state index contributed by atoms with van der Waals surface area (Å²) < 4.78 is 5.05. The maximum Gasteiger partial charge on any atom is 0.408 e. The van der Waals surface area contributed by atoms with Crippen LogP contribution in [-0.4, -0.2) is 12.2 Å². The molecular weight excluding hydrogens is 214 g/mol. The first kappa shape index (κ1) is 9.04. The Morgan fingerprint density at radius 3 is 2.60 bits per heavy atom. The highest BCUT2D eigenvalue weighted by Crippen LogP contribution is 2.46. The highest BCUT2D eigenvalue weighted by molar-refractivity contribution is 6.30. The van der Waals surface area contributed by atoms with Crippen LogP contribution in [0.4, 0.5) is 4.79 Å². The van der Waals surface area contributed by atoms with Crippen LogP contribution < -0.4 is 5.32 Å². The van der Waals surface area contributed by atoms with Crippen molar-refractivity contribution in [3.8, 4) is 0 Å². The number of hydrogen-bond donors (Lipinski definition) is 1. The standard InChI is InChI=1S/C11H10ClNO2/c12-8-3-1-7(2-4-8)11-5-9(6-11)15-10(14)13-11/h1-4,9H,5-6H2,(H,13,14). The molecule has 4 heteroatoms. The minimum Gasteiger partial charge on any atom is -0.446 e. The Hall–Kier alpha value is -1.22. The van der Waals surface area contributed by atoms with E-state index in [0.29, 0.717) is 5.02 Å². The van der Waals surface area contributed by atoms with Gasteiger partial charge in [0.1, 0.15) is 6.10 Å². The summed E-state index contributed by atoms with van der Waals surface area (Å²) in [5, 5.41) is 3.60. The van der Waals surface area contributed by atoms with E-state index in [1.807, 2.05) is 24.3 Å². The van der Waals surface area contributed by atoms with Gasteiger partial charge in [0.05, 0.1) is 5.54 Å². The predicted molar refractivity (Wildman–Crippen MR) is 55.8 cm³/mol. The molecule has 3 fully saturated rings. The molecule has 15 heavy (non-hydrogen) atoms. The molecule has 0 spiro atoms. The van der Waals surface area contributed by atoms with Crippen molar-refractivity contribution in [3.63, 3.8) is 0 Å². The lowest BCUT2D eigenvalue weighted by Gasteiger charge is -2.51. The maximum absolute atomic E-state index is 11.2. The van der Waals surface area contributed by atoms with E-state index in [9.17, 15) is 4.79 Å². The first-order valence-electron chi connectivity index (χ1n) is 4.93. The van der Waals surface area contributed by atoms with Crippen molar-refractivity contribution in [1.82, 2.24) is 5.32 Å². The zero-order valence-corrected chi connectivity index (χ0v) is 8.75. The third-order valence-electron chi connectivity index (χ3n) is 3.16. The number of amides is 1. The summed E-state index contributed by atoms with van der Waals surface area (Å²) in [4.78, 5) is 11.2. The van der Waals surface area contributed by atoms with Gasteiger partial charge in [-0.05, 0) is 17.7 Å². The van der Waals surface area contributed by atoms with E-state index in [2.05, 4.69) is 5.32 Å². The molecule has 1 amide bonds. The van der Waals surface area contributed by atoms with Gasteiger partial charge in [-0.2, -0.15) is 0 Å². The molecule has 1 N–H and O–H groups in total. The minimum absolute atomic E-state index is 0.0921. The number of halogens is 1. The number of fused-ring (bicyclic) bond motifs is 2. The Kier molecular flexibility index (Phi) is 1.74. The fraction of sp³-hybridized carbons (Fsp3) is 0.364. The number of benzene rings is 1. The lowest BCUT2D eigenvalue weighted by Crippen LogP contribution is -2.63. The van der Waals surface area contributed by atoms with Gasteiger partial charge in [-0.3, -0.25) is 0 Å². The molecule has 0 atom stereocenters. The van der Waals surface area contributed by atoms with Crippen LogP contribution in [0.3, 0.4) is 0 Å². The summed E-state index contributed by atoms with van der Waals surface area (Å²) in [5.41, 5.74) is 0.907. The molecule has 2 heterocycles. The molecule has 0 radical (unpaired) electrons. The molecule has 1 saturated carbocycles. The van der Waals surface area contributed by atoms with Crippen LogP contribution >= 0.6 is 11.6 Å². The van der Waals surface area contributed by atoms with Crippen LogP contribution in [0.15, 0.2) is 24.3 Å². The highest BCUT2D eigenvalue weighted by Gasteiger charge is 2.52. The number of nitrogens with one attached hydrogen (secondary N) is 1. The first-order chi connectivity index (χ1) is 7.18. The quantitative estimate of drug-likeness (QED) is 0.794. The lowest BCUT2D eigenvalue weighted by molar-refractivity contribution is -0.0588. The van der Waals surface area contributed by atoms with Crippen molar-refractivity contribution in [2.75, 3.05) is 0 Å². The number of carbonyl (C=O) groups excluding carboxylic acids is 1. The maximum atomic E-state index is 11.2. The second kappa shape index (κ2) is 2.89. The van der Waals surface area contributed by atoms with E-state index in [4.69, 9.17) is 16.3 Å². The third-order valence-corrected chi connectivity index (χ3v) is 3.42. The zero-order chi connectivity index (χ0) is 10.5. The topological polar surface area (TPSA) is 38.3 Å². The normalized spacial score (nSPS) is 32.6. The van der Waals surface area contributed by atoms with Crippen LogP contribution in [0, 0.1) is 0 Å². The van der Waals surface area contributed by atoms with Gasteiger partial charge in [0, 0.05) is 17.9 Å². The van der Waals surface area contributed by atoms with Gasteiger partial charge in [-0.25, -0.2) is 4.79 Å². The number of carbonyl (C=O) groups is 1. The van der Waals surface area contributed by atoms with Gasteiger partial charge in [0.15, 0.2) is 0 Å². The monoisotopic (exact) mass is 223 g/mol. The van der Waals surface area contributed by atoms with E-state index in [1.165, 1.54) is 0 Å². The van der Waals surface area contributed by atoms with Crippen molar-refractivity contribution < 1.29 is 9.53 Å². The lowest BCUT2D eigenvalue weighted by atomic mass is 9.69. The molecule has 78 valence electrons. The van der Waals surface area contributed by atoms with Crippen LogP contribution in [-0.2, 0) is 10.3 Å². The van der Waals surface area contributed by atoms with Crippen molar-refractivity contribution in [3.05, 3.63) is 34.9 Å². The molecule has 4 rings (SSSR count). The van der Waals surface area contributed by atoms with Crippen molar-refractivity contribution in [2.24, 2.45) is 0 Å². The van der Waals surface area contributed by atoms with Gasteiger partial charge in [-0.1, -0.05) is 23.7 Å². The van der Waals surface area contributed by atoms with Crippen LogP contribution in [0.1, 0.15) is 18.4 Å². The summed E-state index contributed by atoms with van der Waals surface area (Å²) in [7, 11) is 0. The van der Waals surface area contributed by atoms with Gasteiger partial charge < -0.3 is 10.1 Å². The van der Waals surface area contributed by atoms with Crippen molar-refractivity contribution in [1.29, 1.82) is 0 Å². The van der Waals surface area contributed by atoms with E-state index >= 15 is 0 Å². The second-order valence-corrected chi connectivity index (χ2v) is 4.59. The summed E-state index contributed by atoms with van der Waals surface area (Å²) in [6.07, 6.45) is 1.50. The Bertz CT molecular complexity index is 409. The summed E-state index contributed by atoms with van der Waals surface area (Å²) >= 11 is 5.83. The van der Waals surface area contributed by atoms with Crippen molar-refractivity contribution in [2.45, 2.75) is 24.5 Å². The summed E-state index contributed by atoms with van der Waals surface area (Å²) in [6, 6.07) is 7.62. The molecule has 2 bridgehead atoms. The van der Waals surface area contributed by atoms with E-state index in [-0.39, 0.29) is 17.7 Å². The molecule has 3 aliphatic rings. The smallest absolute Gasteiger partial charge is 0.408 e. The summed E-state index contributed by atoms with van der Waals surface area (Å²) in [5.74, 6) is 0. The van der Waals surface area contributed by atoms with Gasteiger partial charge in [-0.15, -0.1) is 0 Å².